The average Bonchev–Trinajstić information content (AvgIpc) is 3.54. The molecule has 0 aliphatic heterocycles. The second-order valence-corrected chi connectivity index (χ2v) is 10.3. The zero-order valence-electron chi connectivity index (χ0n) is 19.9. The largest absolute Gasteiger partial charge is 0.481 e. The highest BCUT2D eigenvalue weighted by Gasteiger charge is 2.54. The van der Waals surface area contributed by atoms with Gasteiger partial charge in [-0.15, -0.1) is 0 Å². The number of benzene rings is 2. The van der Waals surface area contributed by atoms with Crippen LogP contribution in [0.5, 0.6) is 5.88 Å². The van der Waals surface area contributed by atoms with Gasteiger partial charge in [0, 0.05) is 29.4 Å². The molecule has 3 heterocycles. The normalized spacial score (nSPS) is 23.1. The predicted octanol–water partition coefficient (Wildman–Crippen LogP) is 5.86. The molecule has 37 heavy (non-hydrogen) atoms. The number of aromatic nitrogens is 5. The number of carbonyl (C=O) groups is 1. The first-order chi connectivity index (χ1) is 17.9. The molecule has 0 spiro atoms. The first-order valence-electron chi connectivity index (χ1n) is 12.4. The number of imidazole rings is 1. The van der Waals surface area contributed by atoms with Crippen molar-refractivity contribution in [1.82, 2.24) is 25.1 Å². The summed E-state index contributed by atoms with van der Waals surface area (Å²) < 4.78 is 21.5. The summed E-state index contributed by atoms with van der Waals surface area (Å²) in [7, 11) is 0. The Hall–Kier alpha value is -4.27. The highest BCUT2D eigenvalue weighted by atomic mass is 19.1. The van der Waals surface area contributed by atoms with Crippen LogP contribution in [-0.4, -0.2) is 41.8 Å². The Kier molecular flexibility index (Phi) is 4.67. The summed E-state index contributed by atoms with van der Waals surface area (Å²) in [6.07, 6.45) is 7.63. The Morgan fingerprint density at radius 1 is 0.946 bits per heavy atom. The lowest BCUT2D eigenvalue weighted by Crippen LogP contribution is -2.52. The number of hydrogen-bond donors (Lipinski definition) is 3. The van der Waals surface area contributed by atoms with Gasteiger partial charge < -0.3 is 20.0 Å². The fourth-order valence-corrected chi connectivity index (χ4v) is 5.90. The highest BCUT2D eigenvalue weighted by molar-refractivity contribution is 5.94. The van der Waals surface area contributed by atoms with Crippen LogP contribution < -0.4 is 4.74 Å². The van der Waals surface area contributed by atoms with E-state index in [0.29, 0.717) is 53.1 Å². The van der Waals surface area contributed by atoms with Gasteiger partial charge in [-0.2, -0.15) is 0 Å². The molecule has 3 aliphatic carbocycles. The summed E-state index contributed by atoms with van der Waals surface area (Å²) in [6.45, 7) is 0. The summed E-state index contributed by atoms with van der Waals surface area (Å²) in [6, 6.07) is 12.5. The van der Waals surface area contributed by atoms with E-state index in [1.165, 1.54) is 6.07 Å². The number of halogens is 1. The van der Waals surface area contributed by atoms with E-state index in [-0.39, 0.29) is 5.60 Å². The number of carboxylic acid groups (broad SMARTS) is 1. The lowest BCUT2D eigenvalue weighted by molar-refractivity contribution is -0.162. The molecule has 3 fully saturated rings. The van der Waals surface area contributed by atoms with Crippen LogP contribution in [0.4, 0.5) is 4.39 Å². The minimum Gasteiger partial charge on any atom is -0.481 e. The van der Waals surface area contributed by atoms with Crippen molar-refractivity contribution in [2.24, 2.45) is 5.41 Å². The molecule has 0 amide bonds. The van der Waals surface area contributed by atoms with Gasteiger partial charge in [-0.05, 0) is 74.4 Å². The van der Waals surface area contributed by atoms with Gasteiger partial charge in [-0.25, -0.2) is 19.3 Å². The van der Waals surface area contributed by atoms with Crippen molar-refractivity contribution in [2.75, 3.05) is 0 Å². The lowest BCUT2D eigenvalue weighted by Gasteiger charge is -2.50. The van der Waals surface area contributed by atoms with Crippen molar-refractivity contribution in [3.8, 4) is 28.4 Å². The fourth-order valence-electron chi connectivity index (χ4n) is 5.90. The van der Waals surface area contributed by atoms with Gasteiger partial charge in [0.2, 0.25) is 5.88 Å². The van der Waals surface area contributed by atoms with E-state index in [9.17, 15) is 9.90 Å². The molecule has 0 radical (unpaired) electrons. The maximum Gasteiger partial charge on any atom is 0.309 e. The predicted molar refractivity (Wildman–Crippen MR) is 136 cm³/mol. The molecule has 3 N–H and O–H groups in total. The van der Waals surface area contributed by atoms with E-state index in [1.54, 1.807) is 18.3 Å². The molecule has 8 nitrogen and oxygen atoms in total. The zero-order valence-corrected chi connectivity index (χ0v) is 19.9. The Morgan fingerprint density at radius 2 is 1.68 bits per heavy atom. The molecule has 186 valence electrons. The smallest absolute Gasteiger partial charge is 0.309 e. The molecule has 9 heteroatoms. The number of aromatic amines is 2. The summed E-state index contributed by atoms with van der Waals surface area (Å²) in [5.41, 5.74) is 3.21. The van der Waals surface area contributed by atoms with Crippen molar-refractivity contribution in [2.45, 2.75) is 44.1 Å². The summed E-state index contributed by atoms with van der Waals surface area (Å²) in [5, 5.41) is 16.6. The van der Waals surface area contributed by atoms with E-state index in [4.69, 9.17) is 4.74 Å². The van der Waals surface area contributed by atoms with E-state index >= 15 is 4.39 Å². The van der Waals surface area contributed by atoms with Crippen LogP contribution in [0.15, 0.2) is 54.9 Å². The van der Waals surface area contributed by atoms with Crippen LogP contribution >= 0.6 is 0 Å². The Labute approximate surface area is 210 Å². The average molecular weight is 498 g/mol. The maximum absolute atomic E-state index is 15.2. The van der Waals surface area contributed by atoms with Gasteiger partial charge in [-0.3, -0.25) is 4.79 Å². The molecule has 3 aromatic heterocycles. The van der Waals surface area contributed by atoms with Crippen LogP contribution in [0.3, 0.4) is 0 Å². The number of carboxylic acids is 1. The van der Waals surface area contributed by atoms with Crippen LogP contribution in [0, 0.1) is 11.2 Å². The van der Waals surface area contributed by atoms with Crippen LogP contribution in [0.25, 0.3) is 44.5 Å². The van der Waals surface area contributed by atoms with Crippen molar-refractivity contribution in [1.29, 1.82) is 0 Å². The summed E-state index contributed by atoms with van der Waals surface area (Å²) in [5.74, 6) is -0.228. The quantitative estimate of drug-likeness (QED) is 0.280. The van der Waals surface area contributed by atoms with Gasteiger partial charge in [0.25, 0.3) is 0 Å². The molecule has 2 aromatic carbocycles. The van der Waals surface area contributed by atoms with Gasteiger partial charge in [0.15, 0.2) is 5.82 Å². The number of nitrogens with zero attached hydrogens (tertiary/aromatic N) is 3. The SMILES string of the molecule is O=C(O)C12CCC(Oc3ccc(-c4ccc(-c5nc6cc7c[nH][nH]c7cc6n5)c(F)c4)cn3)(CC1)CC2. The lowest BCUT2D eigenvalue weighted by atomic mass is 9.58. The molecular formula is C28H24FN5O3. The van der Waals surface area contributed by atoms with E-state index in [2.05, 4.69) is 25.1 Å². The zero-order chi connectivity index (χ0) is 25.2. The number of pyridine rings is 1. The third-order valence-electron chi connectivity index (χ3n) is 8.27. The third kappa shape index (κ3) is 3.56. The highest BCUT2D eigenvalue weighted by Crippen LogP contribution is 2.53. The topological polar surface area (TPSA) is 117 Å². The number of fused-ring (bicyclic) bond motifs is 5. The standard InChI is InChI=1S/C28H24FN5O3/c29-20-11-16(1-3-19(20)25-32-22-12-18-15-31-34-21(18)13-23(22)33-25)17-2-4-24(30-14-17)37-28-8-5-27(6-9-28,7-10-28)26(35)36/h1-4,11-15,31,34H,5-10H2,(H,35,36). The number of ether oxygens (including phenoxy) is 1. The molecule has 5 aromatic rings. The molecule has 2 bridgehead atoms. The Morgan fingerprint density at radius 3 is 2.35 bits per heavy atom. The molecule has 0 atom stereocenters. The maximum atomic E-state index is 15.2. The van der Waals surface area contributed by atoms with Crippen molar-refractivity contribution < 1.29 is 19.0 Å². The fraction of sp³-hybridized carbons (Fsp3) is 0.286. The second-order valence-electron chi connectivity index (χ2n) is 10.3. The number of aliphatic carboxylic acids is 1. The van der Waals surface area contributed by atoms with Gasteiger partial charge in [0.1, 0.15) is 11.4 Å². The van der Waals surface area contributed by atoms with Crippen LogP contribution in [0.1, 0.15) is 38.5 Å². The van der Waals surface area contributed by atoms with Gasteiger partial charge >= 0.3 is 5.97 Å². The third-order valence-corrected chi connectivity index (χ3v) is 8.27. The monoisotopic (exact) mass is 497 g/mol. The Balaban J connectivity index is 1.10. The van der Waals surface area contributed by atoms with Crippen molar-refractivity contribution in [3.63, 3.8) is 0 Å². The van der Waals surface area contributed by atoms with E-state index in [0.717, 1.165) is 35.7 Å². The first kappa shape index (κ1) is 22.0. The van der Waals surface area contributed by atoms with E-state index in [1.807, 2.05) is 30.5 Å². The molecule has 8 rings (SSSR count). The molecule has 0 saturated heterocycles. The summed E-state index contributed by atoms with van der Waals surface area (Å²) >= 11 is 0. The summed E-state index contributed by atoms with van der Waals surface area (Å²) in [4.78, 5) is 25.2. The number of hydrogen-bond acceptors (Lipinski definition) is 5. The van der Waals surface area contributed by atoms with Crippen LogP contribution in [-0.2, 0) is 4.79 Å². The van der Waals surface area contributed by atoms with Crippen molar-refractivity contribution >= 4 is 27.9 Å². The van der Waals surface area contributed by atoms with Crippen molar-refractivity contribution in [3.05, 3.63) is 60.7 Å². The number of H-pyrrole nitrogens is 2. The first-order valence-corrected chi connectivity index (χ1v) is 12.4. The van der Waals surface area contributed by atoms with Gasteiger partial charge in [-0.1, -0.05) is 6.07 Å². The number of nitrogens with one attached hydrogen (secondary N) is 2. The minimum atomic E-state index is -0.684. The second kappa shape index (κ2) is 7.86. The van der Waals surface area contributed by atoms with Crippen LogP contribution in [0.2, 0.25) is 0 Å². The number of rotatable bonds is 5. The van der Waals surface area contributed by atoms with Gasteiger partial charge in [0.05, 0.1) is 27.5 Å². The van der Waals surface area contributed by atoms with E-state index < -0.39 is 17.2 Å². The molecule has 3 aliphatic rings. The minimum absolute atomic E-state index is 0.340. The Bertz CT molecular complexity index is 1600. The molecule has 3 saturated carbocycles. The molecule has 0 unspecified atom stereocenters. The molecular weight excluding hydrogens is 473 g/mol.